The number of hydrogen-bond acceptors (Lipinski definition) is 8. The Morgan fingerprint density at radius 2 is 1.85 bits per heavy atom. The predicted octanol–water partition coefficient (Wildman–Crippen LogP) is 3.39. The van der Waals surface area contributed by atoms with Crippen molar-refractivity contribution in [2.24, 2.45) is 7.05 Å². The van der Waals surface area contributed by atoms with Gasteiger partial charge in [-0.25, -0.2) is 9.59 Å². The average Bonchev–Trinajstić information content (AvgIpc) is 3.20. The van der Waals surface area contributed by atoms with Crippen LogP contribution in [0.5, 0.6) is 0 Å². The van der Waals surface area contributed by atoms with E-state index in [-0.39, 0.29) is 32.2 Å². The molecule has 218 valence electrons. The average molecular weight is 565 g/mol. The number of ether oxygens (including phenoxy) is 3. The first-order chi connectivity index (χ1) is 19.5. The molecule has 1 N–H and O–H groups in total. The van der Waals surface area contributed by atoms with Crippen LogP contribution in [-0.4, -0.2) is 72.1 Å². The number of oxazole rings is 1. The molecule has 0 aliphatic carbocycles. The fourth-order valence-corrected chi connectivity index (χ4v) is 4.60. The van der Waals surface area contributed by atoms with Crippen molar-refractivity contribution in [3.8, 4) is 17.2 Å². The molecule has 0 spiro atoms. The van der Waals surface area contributed by atoms with E-state index in [4.69, 9.17) is 18.6 Å². The van der Waals surface area contributed by atoms with Crippen molar-refractivity contribution in [2.75, 3.05) is 26.8 Å². The normalized spacial score (nSPS) is 18.7. The molecular weight excluding hydrogens is 528 g/mol. The van der Waals surface area contributed by atoms with Gasteiger partial charge in [0.1, 0.15) is 11.6 Å². The number of rotatable bonds is 6. The van der Waals surface area contributed by atoms with Gasteiger partial charge >= 0.3 is 11.8 Å². The van der Waals surface area contributed by atoms with Crippen molar-refractivity contribution in [1.82, 2.24) is 14.8 Å². The number of carbonyl (C=O) groups excluding carboxylic acids is 2. The van der Waals surface area contributed by atoms with Crippen LogP contribution in [0, 0.1) is 11.3 Å². The van der Waals surface area contributed by atoms with Gasteiger partial charge in [0, 0.05) is 20.6 Å². The minimum atomic E-state index is -0.965. The Balaban J connectivity index is 1.41. The van der Waals surface area contributed by atoms with Crippen LogP contribution >= 0.6 is 0 Å². The van der Waals surface area contributed by atoms with Crippen LogP contribution < -0.4 is 11.1 Å². The van der Waals surface area contributed by atoms with Crippen molar-refractivity contribution in [1.29, 1.82) is 5.26 Å². The van der Waals surface area contributed by atoms with Gasteiger partial charge in [0.05, 0.1) is 37.4 Å². The summed E-state index contributed by atoms with van der Waals surface area (Å²) < 4.78 is 23.4. The molecule has 1 aliphatic rings. The number of nitriles is 1. The minimum absolute atomic E-state index is 0.0277. The Bertz CT molecular complexity index is 1480. The lowest BCUT2D eigenvalue weighted by atomic mass is 10.0. The van der Waals surface area contributed by atoms with E-state index in [0.717, 1.165) is 16.7 Å². The molecule has 1 aromatic heterocycles. The lowest BCUT2D eigenvalue weighted by Gasteiger charge is -2.34. The number of nitrogens with one attached hydrogen (secondary N) is 1. The zero-order valence-electron chi connectivity index (χ0n) is 24.0. The first-order valence-electron chi connectivity index (χ1n) is 13.5. The molecule has 4 rings (SSSR count). The second kappa shape index (κ2) is 12.6. The molecule has 0 unspecified atom stereocenters. The summed E-state index contributed by atoms with van der Waals surface area (Å²) in [6.45, 7) is 5.82. The lowest BCUT2D eigenvalue weighted by Crippen LogP contribution is -2.53. The first kappa shape index (κ1) is 29.8. The molecule has 2 aromatic carbocycles. The predicted molar refractivity (Wildman–Crippen MR) is 151 cm³/mol. The summed E-state index contributed by atoms with van der Waals surface area (Å²) in [5.74, 6) is -0.893. The van der Waals surface area contributed by atoms with Gasteiger partial charge in [-0.15, -0.1) is 0 Å². The van der Waals surface area contributed by atoms with Crippen molar-refractivity contribution in [3.05, 3.63) is 58.6 Å². The molecule has 1 saturated heterocycles. The number of aromatic nitrogens is 1. The minimum Gasteiger partial charge on any atom is -0.444 e. The fraction of sp³-hybridized carbons (Fsp3) is 0.467. The molecule has 1 fully saturated rings. The van der Waals surface area contributed by atoms with E-state index in [1.54, 1.807) is 41.0 Å². The van der Waals surface area contributed by atoms with Gasteiger partial charge in [0.25, 0.3) is 5.91 Å². The topological polar surface area (TPSA) is 136 Å². The van der Waals surface area contributed by atoms with Gasteiger partial charge in [-0.1, -0.05) is 30.3 Å². The summed E-state index contributed by atoms with van der Waals surface area (Å²) >= 11 is 0. The van der Waals surface area contributed by atoms with Crippen LogP contribution in [-0.2, 0) is 32.5 Å². The molecule has 3 aromatic rings. The van der Waals surface area contributed by atoms with Gasteiger partial charge in [0.2, 0.25) is 0 Å². The van der Waals surface area contributed by atoms with E-state index in [1.165, 1.54) is 9.47 Å². The second-order valence-corrected chi connectivity index (χ2v) is 11.1. The molecule has 0 bridgehead atoms. The summed E-state index contributed by atoms with van der Waals surface area (Å²) in [7, 11) is 3.22. The maximum atomic E-state index is 13.2. The fourth-order valence-electron chi connectivity index (χ4n) is 4.60. The third kappa shape index (κ3) is 7.54. The Kier molecular flexibility index (Phi) is 9.15. The highest BCUT2D eigenvalue weighted by molar-refractivity contribution is 5.83. The number of aryl methyl sites for hydroxylation is 1. The van der Waals surface area contributed by atoms with E-state index in [1.807, 2.05) is 36.4 Å². The highest BCUT2D eigenvalue weighted by Gasteiger charge is 2.33. The number of fused-ring (bicyclic) bond motifs is 1. The van der Waals surface area contributed by atoms with Gasteiger partial charge in [-0.05, 0) is 56.0 Å². The molecule has 11 nitrogen and oxygen atoms in total. The summed E-state index contributed by atoms with van der Waals surface area (Å²) in [5, 5.41) is 12.6. The number of methoxy groups -OCH3 is 1. The molecular formula is C30H36N4O7. The quantitative estimate of drug-likeness (QED) is 0.481. The van der Waals surface area contributed by atoms with E-state index in [2.05, 4.69) is 11.4 Å². The first-order valence-corrected chi connectivity index (χ1v) is 13.5. The van der Waals surface area contributed by atoms with E-state index in [0.29, 0.717) is 17.5 Å². The molecule has 2 heterocycles. The molecule has 0 radical (unpaired) electrons. The van der Waals surface area contributed by atoms with Crippen LogP contribution in [0.1, 0.15) is 32.8 Å². The molecule has 1 aliphatic heterocycles. The summed E-state index contributed by atoms with van der Waals surface area (Å²) in [4.78, 5) is 39.2. The van der Waals surface area contributed by atoms with Crippen molar-refractivity contribution in [2.45, 2.75) is 57.5 Å². The van der Waals surface area contributed by atoms with Gasteiger partial charge in [-0.2, -0.15) is 5.26 Å². The summed E-state index contributed by atoms with van der Waals surface area (Å²) in [6, 6.07) is 14.5. The largest absolute Gasteiger partial charge is 0.444 e. The molecule has 41 heavy (non-hydrogen) atoms. The van der Waals surface area contributed by atoms with Crippen LogP contribution in [0.4, 0.5) is 4.79 Å². The molecule has 2 amide bonds. The van der Waals surface area contributed by atoms with Crippen molar-refractivity contribution in [3.63, 3.8) is 0 Å². The summed E-state index contributed by atoms with van der Waals surface area (Å²) in [5.41, 5.74) is 3.22. The van der Waals surface area contributed by atoms with Gasteiger partial charge in [-0.3, -0.25) is 9.36 Å². The van der Waals surface area contributed by atoms with E-state index >= 15 is 0 Å². The Morgan fingerprint density at radius 3 is 2.51 bits per heavy atom. The Hall–Kier alpha value is -4.14. The smallest absolute Gasteiger partial charge is 0.419 e. The second-order valence-electron chi connectivity index (χ2n) is 11.1. The van der Waals surface area contributed by atoms with Crippen LogP contribution in [0.25, 0.3) is 22.2 Å². The zero-order chi connectivity index (χ0) is 29.7. The highest BCUT2D eigenvalue weighted by Crippen LogP contribution is 2.24. The van der Waals surface area contributed by atoms with Gasteiger partial charge in [0.15, 0.2) is 11.7 Å². The number of amides is 2. The van der Waals surface area contributed by atoms with E-state index < -0.39 is 35.5 Å². The maximum absolute atomic E-state index is 13.2. The standard InChI is InChI=1S/C30H36N4O7/c1-30(2,3)41-29(37)34-17-23(38-5)12-13-39-26(18-34)27(35)32-22(16-31)14-19-6-8-20(9-7-19)21-10-11-25-24(15-21)33(4)28(36)40-25/h6-11,15,22-23,26H,12-14,17-18H2,1-5H3,(H,32,35)/t22-,23-,26-/m0/s1. The lowest BCUT2D eigenvalue weighted by molar-refractivity contribution is -0.137. The zero-order valence-corrected chi connectivity index (χ0v) is 24.0. The Labute approximate surface area is 238 Å². The SMILES string of the molecule is CO[C@H]1CCO[C@H](C(=O)N[C@H](C#N)Cc2ccc(-c3ccc4oc(=O)n(C)c4c3)cc2)CN(C(=O)OC(C)(C)C)C1. The maximum Gasteiger partial charge on any atom is 0.419 e. The number of nitrogens with zero attached hydrogens (tertiary/aromatic N) is 3. The Morgan fingerprint density at radius 1 is 1.15 bits per heavy atom. The van der Waals surface area contributed by atoms with Crippen LogP contribution in [0.2, 0.25) is 0 Å². The van der Waals surface area contributed by atoms with E-state index in [9.17, 15) is 19.6 Å². The van der Waals surface area contributed by atoms with Crippen molar-refractivity contribution >= 4 is 23.1 Å². The van der Waals surface area contributed by atoms with Crippen LogP contribution in [0.3, 0.4) is 0 Å². The molecule has 0 saturated carbocycles. The summed E-state index contributed by atoms with van der Waals surface area (Å²) in [6.07, 6.45) is -1.00. The molecule has 11 heteroatoms. The van der Waals surface area contributed by atoms with Gasteiger partial charge < -0.3 is 28.8 Å². The third-order valence-corrected chi connectivity index (χ3v) is 6.84. The van der Waals surface area contributed by atoms with Crippen LogP contribution in [0.15, 0.2) is 51.7 Å². The number of carbonyl (C=O) groups is 2. The monoisotopic (exact) mass is 564 g/mol. The van der Waals surface area contributed by atoms with Crippen molar-refractivity contribution < 1.29 is 28.2 Å². The molecule has 3 atom stereocenters. The number of benzene rings is 2. The third-order valence-electron chi connectivity index (χ3n) is 6.84. The number of hydrogen-bond donors (Lipinski definition) is 1. The highest BCUT2D eigenvalue weighted by atomic mass is 16.6.